The van der Waals surface area contributed by atoms with Gasteiger partial charge in [0.15, 0.2) is 0 Å². The SMILES string of the molecule is CCOC(=O)C1=NN(c2ccccc2)C(C(=O)Nc2ccc(CN3C(=O)CSC3=O)cc2)C1. The Hall–Kier alpha value is -3.66. The number of nitrogens with one attached hydrogen (secondary N) is 1. The lowest BCUT2D eigenvalue weighted by Gasteiger charge is -2.22. The number of ether oxygens (including phenoxy) is 1. The van der Waals surface area contributed by atoms with Crippen LogP contribution in [0.4, 0.5) is 16.2 Å². The van der Waals surface area contributed by atoms with E-state index in [1.807, 2.05) is 30.3 Å². The summed E-state index contributed by atoms with van der Waals surface area (Å²) in [6.45, 7) is 2.13. The molecule has 2 aliphatic rings. The van der Waals surface area contributed by atoms with Gasteiger partial charge in [-0.1, -0.05) is 42.1 Å². The molecule has 4 rings (SSSR count). The minimum absolute atomic E-state index is 0.120. The van der Waals surface area contributed by atoms with Crippen LogP contribution in [0.25, 0.3) is 0 Å². The highest BCUT2D eigenvalue weighted by molar-refractivity contribution is 8.14. The lowest BCUT2D eigenvalue weighted by Crippen LogP contribution is -2.38. The highest BCUT2D eigenvalue weighted by Crippen LogP contribution is 2.26. The number of carbonyl (C=O) groups excluding carboxylic acids is 4. The number of nitrogens with zero attached hydrogens (tertiary/aromatic N) is 3. The first kappa shape index (κ1) is 22.5. The molecule has 0 radical (unpaired) electrons. The third-order valence-corrected chi connectivity index (χ3v) is 6.01. The Morgan fingerprint density at radius 1 is 1.12 bits per heavy atom. The summed E-state index contributed by atoms with van der Waals surface area (Å²) in [5.74, 6) is -0.900. The molecule has 0 saturated carbocycles. The summed E-state index contributed by atoms with van der Waals surface area (Å²) in [6, 6.07) is 15.3. The molecule has 2 heterocycles. The number of carbonyl (C=O) groups is 4. The van der Waals surface area contributed by atoms with Crippen LogP contribution in [-0.4, -0.2) is 52.0 Å². The molecule has 0 aliphatic carbocycles. The van der Waals surface area contributed by atoms with E-state index >= 15 is 0 Å². The molecule has 2 aliphatic heterocycles. The van der Waals surface area contributed by atoms with Crippen molar-refractivity contribution in [3.05, 3.63) is 60.2 Å². The van der Waals surface area contributed by atoms with Gasteiger partial charge in [-0.3, -0.25) is 24.3 Å². The highest BCUT2D eigenvalue weighted by Gasteiger charge is 2.37. The molecule has 2 aromatic carbocycles. The molecule has 9 nitrogen and oxygen atoms in total. The maximum Gasteiger partial charge on any atom is 0.354 e. The number of hydrogen-bond donors (Lipinski definition) is 1. The van der Waals surface area contributed by atoms with Crippen molar-refractivity contribution < 1.29 is 23.9 Å². The van der Waals surface area contributed by atoms with Crippen LogP contribution in [0.3, 0.4) is 0 Å². The Bertz CT molecular complexity index is 1090. The van der Waals surface area contributed by atoms with Gasteiger partial charge < -0.3 is 10.1 Å². The van der Waals surface area contributed by atoms with Crippen molar-refractivity contribution >= 4 is 51.9 Å². The number of para-hydroxylation sites is 1. The zero-order valence-electron chi connectivity index (χ0n) is 17.9. The third-order valence-electron chi connectivity index (χ3n) is 5.15. The molecule has 1 atom stereocenters. The van der Waals surface area contributed by atoms with Crippen molar-refractivity contribution in [1.29, 1.82) is 0 Å². The number of hydrogen-bond acceptors (Lipinski definition) is 8. The van der Waals surface area contributed by atoms with Gasteiger partial charge in [0.2, 0.25) is 11.8 Å². The van der Waals surface area contributed by atoms with E-state index in [0.29, 0.717) is 11.4 Å². The Morgan fingerprint density at radius 3 is 2.48 bits per heavy atom. The van der Waals surface area contributed by atoms with Gasteiger partial charge in [-0.25, -0.2) is 4.79 Å². The average molecular weight is 467 g/mol. The van der Waals surface area contributed by atoms with E-state index in [0.717, 1.165) is 17.3 Å². The van der Waals surface area contributed by atoms with Gasteiger partial charge in [-0.15, -0.1) is 0 Å². The molecule has 10 heteroatoms. The van der Waals surface area contributed by atoms with Crippen molar-refractivity contribution in [3.63, 3.8) is 0 Å². The van der Waals surface area contributed by atoms with Crippen LogP contribution in [0, 0.1) is 0 Å². The molecule has 170 valence electrons. The predicted molar refractivity (Wildman–Crippen MR) is 125 cm³/mol. The third kappa shape index (κ3) is 5.06. The van der Waals surface area contributed by atoms with Crippen molar-refractivity contribution in [2.75, 3.05) is 22.7 Å². The number of thioether (sulfide) groups is 1. The summed E-state index contributed by atoms with van der Waals surface area (Å²) in [6.07, 6.45) is 0.120. The number of amides is 3. The first-order chi connectivity index (χ1) is 16.0. The quantitative estimate of drug-likeness (QED) is 0.625. The van der Waals surface area contributed by atoms with E-state index in [9.17, 15) is 19.2 Å². The maximum absolute atomic E-state index is 13.1. The maximum atomic E-state index is 13.1. The summed E-state index contributed by atoms with van der Waals surface area (Å²) in [4.78, 5) is 50.1. The van der Waals surface area contributed by atoms with E-state index < -0.39 is 12.0 Å². The molecular weight excluding hydrogens is 444 g/mol. The van der Waals surface area contributed by atoms with Gasteiger partial charge >= 0.3 is 5.97 Å². The minimum Gasteiger partial charge on any atom is -0.461 e. The Balaban J connectivity index is 1.46. The van der Waals surface area contributed by atoms with Crippen molar-refractivity contribution in [2.24, 2.45) is 5.10 Å². The van der Waals surface area contributed by atoms with Gasteiger partial charge in [0.25, 0.3) is 5.24 Å². The lowest BCUT2D eigenvalue weighted by molar-refractivity contribution is -0.135. The zero-order valence-corrected chi connectivity index (χ0v) is 18.7. The smallest absolute Gasteiger partial charge is 0.354 e. The standard InChI is InChI=1S/C23H22N4O5S/c1-2-32-22(30)18-12-19(27(25-18)17-6-4-3-5-7-17)21(29)24-16-10-8-15(9-11-16)13-26-20(28)14-33-23(26)31/h3-11,19H,2,12-14H2,1H3,(H,24,29). The van der Waals surface area contributed by atoms with Gasteiger partial charge in [-0.05, 0) is 36.8 Å². The van der Waals surface area contributed by atoms with Crippen LogP contribution in [0.2, 0.25) is 0 Å². The largest absolute Gasteiger partial charge is 0.461 e. The number of esters is 1. The zero-order chi connectivity index (χ0) is 23.4. The van der Waals surface area contributed by atoms with Crippen LogP contribution < -0.4 is 10.3 Å². The molecule has 2 aromatic rings. The summed E-state index contributed by atoms with van der Waals surface area (Å²) >= 11 is 0.994. The summed E-state index contributed by atoms with van der Waals surface area (Å²) in [5, 5.41) is 8.48. The molecule has 0 spiro atoms. The molecule has 1 saturated heterocycles. The van der Waals surface area contributed by atoms with Gasteiger partial charge in [0, 0.05) is 12.1 Å². The number of hydrazone groups is 1. The second-order valence-electron chi connectivity index (χ2n) is 7.39. The van der Waals surface area contributed by atoms with Crippen LogP contribution in [0.5, 0.6) is 0 Å². The van der Waals surface area contributed by atoms with Crippen molar-refractivity contribution in [3.8, 4) is 0 Å². The van der Waals surface area contributed by atoms with E-state index in [1.165, 1.54) is 9.91 Å². The Kier molecular flexibility index (Phi) is 6.74. The van der Waals surface area contributed by atoms with Gasteiger partial charge in [0.1, 0.15) is 11.8 Å². The molecule has 0 bridgehead atoms. The molecule has 3 amide bonds. The van der Waals surface area contributed by atoms with Crippen LogP contribution in [0.1, 0.15) is 18.9 Å². The fraction of sp³-hybridized carbons (Fsp3) is 0.261. The van der Waals surface area contributed by atoms with Crippen LogP contribution in [0.15, 0.2) is 59.7 Å². The molecule has 0 aromatic heterocycles. The Morgan fingerprint density at radius 2 is 1.85 bits per heavy atom. The summed E-state index contributed by atoms with van der Waals surface area (Å²) < 4.78 is 5.06. The first-order valence-electron chi connectivity index (χ1n) is 10.4. The number of benzene rings is 2. The van der Waals surface area contributed by atoms with E-state index in [1.54, 1.807) is 31.2 Å². The predicted octanol–water partition coefficient (Wildman–Crippen LogP) is 3.02. The minimum atomic E-state index is -0.719. The normalized spacial score (nSPS) is 17.8. The molecule has 1 N–H and O–H groups in total. The molecular formula is C23H22N4O5S. The van der Waals surface area contributed by atoms with Gasteiger partial charge in [-0.2, -0.15) is 5.10 Å². The topological polar surface area (TPSA) is 108 Å². The second kappa shape index (κ2) is 9.86. The van der Waals surface area contributed by atoms with E-state index in [4.69, 9.17) is 4.74 Å². The number of anilines is 2. The lowest BCUT2D eigenvalue weighted by atomic mass is 10.1. The van der Waals surface area contributed by atoms with Crippen molar-refractivity contribution in [1.82, 2.24) is 4.90 Å². The average Bonchev–Trinajstić information content (AvgIpc) is 3.41. The second-order valence-corrected chi connectivity index (χ2v) is 8.31. The van der Waals surface area contributed by atoms with Crippen molar-refractivity contribution in [2.45, 2.75) is 25.9 Å². The van der Waals surface area contributed by atoms with E-state index in [-0.39, 0.29) is 48.1 Å². The molecule has 1 unspecified atom stereocenters. The number of rotatable bonds is 7. The van der Waals surface area contributed by atoms with Gasteiger partial charge in [0.05, 0.1) is 24.6 Å². The van der Waals surface area contributed by atoms with E-state index in [2.05, 4.69) is 10.4 Å². The van der Waals surface area contributed by atoms with Crippen LogP contribution in [-0.2, 0) is 25.7 Å². The summed E-state index contributed by atoms with van der Waals surface area (Å²) in [7, 11) is 0. The number of imide groups is 1. The fourth-order valence-electron chi connectivity index (χ4n) is 3.51. The summed E-state index contributed by atoms with van der Waals surface area (Å²) in [5.41, 5.74) is 2.20. The monoisotopic (exact) mass is 466 g/mol. The fourth-order valence-corrected chi connectivity index (χ4v) is 4.23. The highest BCUT2D eigenvalue weighted by atomic mass is 32.2. The first-order valence-corrected chi connectivity index (χ1v) is 11.4. The molecule has 33 heavy (non-hydrogen) atoms. The molecule has 1 fully saturated rings. The van der Waals surface area contributed by atoms with Crippen LogP contribution >= 0.6 is 11.8 Å². The Labute approximate surface area is 194 Å².